The molecule has 0 spiro atoms. The number of rotatable bonds is 13. The Kier molecular flexibility index (Phi) is 14.8. The van der Waals surface area contributed by atoms with E-state index in [-0.39, 0.29) is 37.7 Å². The lowest BCUT2D eigenvalue weighted by Gasteiger charge is -2.22. The first-order valence-electron chi connectivity index (χ1n) is 11.6. The molecule has 0 unspecified atom stereocenters. The van der Waals surface area contributed by atoms with Gasteiger partial charge in [-0.3, -0.25) is 9.68 Å². The topological polar surface area (TPSA) is 112 Å². The summed E-state index contributed by atoms with van der Waals surface area (Å²) in [7, 11) is 3.03. The average Bonchev–Trinajstić information content (AvgIpc) is 3.19. The number of alkyl halides is 2. The van der Waals surface area contributed by atoms with E-state index < -0.39 is 29.8 Å². The van der Waals surface area contributed by atoms with Crippen LogP contribution >= 0.6 is 48.0 Å². The Hall–Kier alpha value is -2.34. The number of halogens is 5. The van der Waals surface area contributed by atoms with Gasteiger partial charge < -0.3 is 20.5 Å². The van der Waals surface area contributed by atoms with Gasteiger partial charge in [-0.15, -0.1) is 48.0 Å². The molecule has 1 aromatic heterocycles. The van der Waals surface area contributed by atoms with E-state index in [9.17, 15) is 14.0 Å². The molecule has 0 saturated carbocycles. The van der Waals surface area contributed by atoms with Gasteiger partial charge in [0, 0.05) is 50.4 Å². The zero-order chi connectivity index (χ0) is 26.9. The van der Waals surface area contributed by atoms with Crippen molar-refractivity contribution in [1.29, 1.82) is 0 Å². The number of anilines is 1. The van der Waals surface area contributed by atoms with Crippen LogP contribution < -0.4 is 16.0 Å². The van der Waals surface area contributed by atoms with Crippen LogP contribution in [0.4, 0.5) is 10.1 Å². The quantitative estimate of drug-likeness (QED) is 0.170. The van der Waals surface area contributed by atoms with Crippen LogP contribution in [0.2, 0.25) is 0 Å². The lowest BCUT2D eigenvalue weighted by atomic mass is 10.1. The lowest BCUT2D eigenvalue weighted by Crippen LogP contribution is -2.50. The molecule has 9 nitrogen and oxygen atoms in total. The maximum atomic E-state index is 13.2. The predicted octanol–water partition coefficient (Wildman–Crippen LogP) is 3.54. The number of carbonyl (C=O) groups is 2. The Balaban J connectivity index is 0.00000380. The minimum Gasteiger partial charge on any atom is -0.369 e. The molecule has 2 atom stereocenters. The summed E-state index contributed by atoms with van der Waals surface area (Å²) in [6.07, 6.45) is 0.194. The van der Waals surface area contributed by atoms with Crippen LogP contribution in [0.5, 0.6) is 0 Å². The number of carbonyl (C=O) groups excluding carboxylic acids is 2. The van der Waals surface area contributed by atoms with E-state index >= 15 is 0 Å². The highest BCUT2D eigenvalue weighted by atomic mass is 35.5. The van der Waals surface area contributed by atoms with Gasteiger partial charge in [0.1, 0.15) is 17.7 Å². The maximum Gasteiger partial charge on any atom is 0.364 e. The minimum absolute atomic E-state index is 0. The fourth-order valence-corrected chi connectivity index (χ4v) is 4.36. The fraction of sp³-hybridized carbons (Fsp3) is 0.400. The third kappa shape index (κ3) is 9.37. The molecule has 39 heavy (non-hydrogen) atoms. The molecule has 0 fully saturated rings. The van der Waals surface area contributed by atoms with Crippen molar-refractivity contribution >= 4 is 76.6 Å². The van der Waals surface area contributed by atoms with E-state index in [0.717, 1.165) is 16.7 Å². The Morgan fingerprint density at radius 1 is 1.10 bits per heavy atom. The second-order valence-corrected chi connectivity index (χ2v) is 9.15. The van der Waals surface area contributed by atoms with Gasteiger partial charge in [-0.05, 0) is 35.9 Å². The van der Waals surface area contributed by atoms with Crippen molar-refractivity contribution in [2.45, 2.75) is 24.9 Å². The number of aromatic nitrogens is 2. The van der Waals surface area contributed by atoms with E-state index in [1.54, 1.807) is 0 Å². The van der Waals surface area contributed by atoms with Crippen molar-refractivity contribution in [1.82, 2.24) is 14.9 Å². The van der Waals surface area contributed by atoms with E-state index in [0.29, 0.717) is 36.2 Å². The highest BCUT2D eigenvalue weighted by molar-refractivity contribution is 6.18. The van der Waals surface area contributed by atoms with E-state index in [2.05, 4.69) is 25.0 Å². The molecule has 2 aromatic carbocycles. The molecule has 3 N–H and O–H groups in total. The first-order chi connectivity index (χ1) is 17.8. The van der Waals surface area contributed by atoms with Crippen molar-refractivity contribution in [2.24, 2.45) is 12.8 Å². The van der Waals surface area contributed by atoms with Gasteiger partial charge in [-0.2, -0.15) is 4.89 Å². The van der Waals surface area contributed by atoms with Crippen molar-refractivity contribution in [3.05, 3.63) is 59.7 Å². The van der Waals surface area contributed by atoms with Gasteiger partial charge >= 0.3 is 5.97 Å². The summed E-state index contributed by atoms with van der Waals surface area (Å²) >= 11 is 11.9. The first kappa shape index (κ1) is 34.7. The standard InChI is InChI=1S/C25H30Cl2FN5O4.2ClH/c1-32-22-8-7-18(33(11-9-26)12-10-27)14-20(22)30-23(32)15-19(29)24(34)31-21(25(35)37-36-2)13-16-3-5-17(28)6-4-16;;/h3-8,14,19,21H,9-13,15,29H2,1-2H3,(H,31,34);2*1H/t19-,21-;;/m0../s1. The average molecular weight is 627 g/mol. The second kappa shape index (κ2) is 16.7. The van der Waals surface area contributed by atoms with Crippen molar-refractivity contribution in [2.75, 3.05) is 36.9 Å². The molecule has 14 heteroatoms. The molecule has 0 aliphatic heterocycles. The third-order valence-corrected chi connectivity index (χ3v) is 6.23. The summed E-state index contributed by atoms with van der Waals surface area (Å²) in [6.45, 7) is 1.30. The molecule has 0 radical (unpaired) electrons. The molecular formula is C25H32Cl4FN5O4. The normalized spacial score (nSPS) is 12.2. The number of nitrogens with two attached hydrogens (primary N) is 1. The highest BCUT2D eigenvalue weighted by Crippen LogP contribution is 2.23. The van der Waals surface area contributed by atoms with E-state index in [1.165, 1.54) is 31.4 Å². The molecule has 0 aliphatic carbocycles. The summed E-state index contributed by atoms with van der Waals surface area (Å²) < 4.78 is 15.1. The van der Waals surface area contributed by atoms with Gasteiger partial charge in [-0.25, -0.2) is 14.2 Å². The summed E-state index contributed by atoms with van der Waals surface area (Å²) in [5.41, 5.74) is 9.39. The van der Waals surface area contributed by atoms with Crippen molar-refractivity contribution < 1.29 is 23.8 Å². The molecule has 0 aliphatic rings. The predicted molar refractivity (Wildman–Crippen MR) is 156 cm³/mol. The number of aryl methyl sites for hydroxylation is 1. The highest BCUT2D eigenvalue weighted by Gasteiger charge is 2.27. The number of nitrogens with zero attached hydrogens (tertiary/aromatic N) is 3. The minimum atomic E-state index is -1.08. The molecule has 3 aromatic rings. The lowest BCUT2D eigenvalue weighted by molar-refractivity contribution is -0.256. The number of amides is 1. The number of hydrogen-bond donors (Lipinski definition) is 2. The molecule has 0 saturated heterocycles. The molecule has 1 heterocycles. The zero-order valence-electron chi connectivity index (χ0n) is 21.4. The summed E-state index contributed by atoms with van der Waals surface area (Å²) in [6, 6.07) is 9.36. The molecule has 3 rings (SSSR count). The van der Waals surface area contributed by atoms with Crippen LogP contribution in [0.1, 0.15) is 11.4 Å². The Morgan fingerprint density at radius 2 is 1.74 bits per heavy atom. The molecular weight excluding hydrogens is 595 g/mol. The molecule has 1 amide bonds. The zero-order valence-corrected chi connectivity index (χ0v) is 24.6. The Morgan fingerprint density at radius 3 is 2.33 bits per heavy atom. The first-order valence-corrected chi connectivity index (χ1v) is 12.7. The second-order valence-electron chi connectivity index (χ2n) is 8.40. The summed E-state index contributed by atoms with van der Waals surface area (Å²) in [4.78, 5) is 41.1. The monoisotopic (exact) mass is 625 g/mol. The largest absolute Gasteiger partial charge is 0.369 e. The number of benzene rings is 2. The number of imidazole rings is 1. The molecule has 0 bridgehead atoms. The fourth-order valence-electron chi connectivity index (χ4n) is 3.95. The number of nitrogens with one attached hydrogen (secondary N) is 1. The van der Waals surface area contributed by atoms with Crippen LogP contribution in [0.15, 0.2) is 42.5 Å². The molecule has 216 valence electrons. The van der Waals surface area contributed by atoms with E-state index in [1.807, 2.05) is 29.8 Å². The number of fused-ring (bicyclic) bond motifs is 1. The van der Waals surface area contributed by atoms with E-state index in [4.69, 9.17) is 28.9 Å². The smallest absolute Gasteiger partial charge is 0.364 e. The van der Waals surface area contributed by atoms with Crippen LogP contribution in [0, 0.1) is 5.82 Å². The van der Waals surface area contributed by atoms with Gasteiger partial charge in [-0.1, -0.05) is 12.1 Å². The van der Waals surface area contributed by atoms with Crippen LogP contribution in [0.25, 0.3) is 11.0 Å². The van der Waals surface area contributed by atoms with Gasteiger partial charge in [0.25, 0.3) is 0 Å². The summed E-state index contributed by atoms with van der Waals surface area (Å²) in [5, 5.41) is 2.61. The van der Waals surface area contributed by atoms with Crippen LogP contribution in [0.3, 0.4) is 0 Å². The van der Waals surface area contributed by atoms with Gasteiger partial charge in [0.15, 0.2) is 0 Å². The van der Waals surface area contributed by atoms with Gasteiger partial charge in [0.05, 0.1) is 24.2 Å². The third-order valence-electron chi connectivity index (χ3n) is 5.89. The van der Waals surface area contributed by atoms with Crippen molar-refractivity contribution in [3.8, 4) is 0 Å². The SMILES string of the molecule is COOC(=O)[C@H](Cc1ccc(F)cc1)NC(=O)[C@@H](N)Cc1nc2cc(N(CCCl)CCCl)ccc2n1C.Cl.Cl. The van der Waals surface area contributed by atoms with Crippen LogP contribution in [-0.4, -0.2) is 65.5 Å². The summed E-state index contributed by atoms with van der Waals surface area (Å²) in [5.74, 6) is -0.250. The number of hydrogen-bond acceptors (Lipinski definition) is 7. The Labute approximate surface area is 248 Å². The Bertz CT molecular complexity index is 1210. The van der Waals surface area contributed by atoms with Crippen LogP contribution in [-0.2, 0) is 39.3 Å². The maximum absolute atomic E-state index is 13.2. The van der Waals surface area contributed by atoms with Gasteiger partial charge in [0.2, 0.25) is 5.91 Å². The van der Waals surface area contributed by atoms with Crippen molar-refractivity contribution in [3.63, 3.8) is 0 Å².